The maximum atomic E-state index is 5.67. The van der Waals surface area contributed by atoms with E-state index in [0.717, 1.165) is 18.0 Å². The smallest absolute Gasteiger partial charge is 0.134 e. The molecule has 1 heterocycles. The Bertz CT molecular complexity index is 513. The maximum Gasteiger partial charge on any atom is 0.134 e. The van der Waals surface area contributed by atoms with Gasteiger partial charge in [-0.15, -0.1) is 0 Å². The number of benzene rings is 1. The molecule has 0 saturated heterocycles. The van der Waals surface area contributed by atoms with Crippen molar-refractivity contribution in [1.82, 2.24) is 5.32 Å². The molecular weight excluding hydrogens is 222 g/mol. The number of nitrogens with one attached hydrogen (secondary N) is 1. The summed E-state index contributed by atoms with van der Waals surface area (Å²) in [6.45, 7) is 3.30. The summed E-state index contributed by atoms with van der Waals surface area (Å²) in [5.74, 6) is 0.924. The van der Waals surface area contributed by atoms with Crippen LogP contribution in [0, 0.1) is 5.92 Å². The van der Waals surface area contributed by atoms with Crippen LogP contribution < -0.4 is 5.32 Å². The van der Waals surface area contributed by atoms with Crippen molar-refractivity contribution in [2.45, 2.75) is 38.6 Å². The molecule has 1 aliphatic rings. The predicted octanol–water partition coefficient (Wildman–Crippen LogP) is 4.27. The van der Waals surface area contributed by atoms with Gasteiger partial charge in [0.25, 0.3) is 0 Å². The average Bonchev–Trinajstić information content (AvgIpc) is 3.12. The highest BCUT2D eigenvalue weighted by Gasteiger charge is 2.27. The molecule has 0 spiro atoms. The molecule has 2 aromatic rings. The van der Waals surface area contributed by atoms with E-state index in [1.54, 1.807) is 0 Å². The highest BCUT2D eigenvalue weighted by molar-refractivity contribution is 5.81. The molecule has 1 aromatic heterocycles. The summed E-state index contributed by atoms with van der Waals surface area (Å²) < 4.78 is 5.67. The SMILES string of the molecule is CCCNC(CC1CC1)c1coc2ccccc12. The molecule has 96 valence electrons. The third kappa shape index (κ3) is 2.44. The van der Waals surface area contributed by atoms with Gasteiger partial charge in [-0.05, 0) is 31.4 Å². The monoisotopic (exact) mass is 243 g/mol. The quantitative estimate of drug-likeness (QED) is 0.819. The van der Waals surface area contributed by atoms with E-state index in [1.165, 1.54) is 36.6 Å². The zero-order valence-electron chi connectivity index (χ0n) is 11.0. The van der Waals surface area contributed by atoms with Crippen LogP contribution in [0.3, 0.4) is 0 Å². The van der Waals surface area contributed by atoms with Crippen LogP contribution in [0.15, 0.2) is 34.9 Å². The molecule has 1 saturated carbocycles. The van der Waals surface area contributed by atoms with E-state index in [2.05, 4.69) is 24.4 Å². The van der Waals surface area contributed by atoms with Gasteiger partial charge in [0.15, 0.2) is 0 Å². The van der Waals surface area contributed by atoms with Crippen molar-refractivity contribution in [3.63, 3.8) is 0 Å². The first-order chi connectivity index (χ1) is 8.88. The first kappa shape index (κ1) is 11.8. The summed E-state index contributed by atoms with van der Waals surface area (Å²) in [5, 5.41) is 4.95. The molecule has 2 nitrogen and oxygen atoms in total. The Morgan fingerprint density at radius 3 is 2.94 bits per heavy atom. The topological polar surface area (TPSA) is 25.2 Å². The Kier molecular flexibility index (Phi) is 3.37. The lowest BCUT2D eigenvalue weighted by atomic mass is 10.0. The molecular formula is C16H21NO. The molecule has 0 amide bonds. The van der Waals surface area contributed by atoms with Crippen molar-refractivity contribution < 1.29 is 4.42 Å². The molecule has 18 heavy (non-hydrogen) atoms. The Morgan fingerprint density at radius 2 is 2.17 bits per heavy atom. The van der Waals surface area contributed by atoms with Crippen molar-refractivity contribution in [1.29, 1.82) is 0 Å². The largest absolute Gasteiger partial charge is 0.464 e. The first-order valence-corrected chi connectivity index (χ1v) is 7.08. The van der Waals surface area contributed by atoms with Gasteiger partial charge in [-0.3, -0.25) is 0 Å². The predicted molar refractivity (Wildman–Crippen MR) is 74.6 cm³/mol. The molecule has 0 bridgehead atoms. The molecule has 1 aliphatic carbocycles. The zero-order valence-corrected chi connectivity index (χ0v) is 11.0. The fourth-order valence-electron chi connectivity index (χ4n) is 2.59. The summed E-state index contributed by atoms with van der Waals surface area (Å²) in [6, 6.07) is 8.80. The summed E-state index contributed by atoms with van der Waals surface area (Å²) >= 11 is 0. The highest BCUT2D eigenvalue weighted by Crippen LogP contribution is 2.39. The molecule has 3 rings (SSSR count). The Hall–Kier alpha value is -1.28. The number of furan rings is 1. The second-order valence-electron chi connectivity index (χ2n) is 5.37. The summed E-state index contributed by atoms with van der Waals surface area (Å²) in [4.78, 5) is 0. The van der Waals surface area contributed by atoms with Crippen molar-refractivity contribution in [3.8, 4) is 0 Å². The molecule has 0 radical (unpaired) electrons. The second-order valence-corrected chi connectivity index (χ2v) is 5.37. The van der Waals surface area contributed by atoms with Crippen molar-refractivity contribution in [3.05, 3.63) is 36.1 Å². The lowest BCUT2D eigenvalue weighted by Gasteiger charge is -2.17. The Labute approximate surface area is 108 Å². The fraction of sp³-hybridized carbons (Fsp3) is 0.500. The van der Waals surface area contributed by atoms with Crippen LogP contribution in [-0.2, 0) is 0 Å². The third-order valence-electron chi connectivity index (χ3n) is 3.79. The van der Waals surface area contributed by atoms with Gasteiger partial charge in [-0.1, -0.05) is 38.0 Å². The summed E-state index contributed by atoms with van der Waals surface area (Å²) in [7, 11) is 0. The van der Waals surface area contributed by atoms with E-state index in [9.17, 15) is 0 Å². The second kappa shape index (κ2) is 5.15. The maximum absolute atomic E-state index is 5.67. The van der Waals surface area contributed by atoms with Crippen LogP contribution in [0.5, 0.6) is 0 Å². The van der Waals surface area contributed by atoms with E-state index in [0.29, 0.717) is 6.04 Å². The fourth-order valence-corrected chi connectivity index (χ4v) is 2.59. The number of fused-ring (bicyclic) bond motifs is 1. The van der Waals surface area contributed by atoms with Gasteiger partial charge in [-0.2, -0.15) is 0 Å². The third-order valence-corrected chi connectivity index (χ3v) is 3.79. The van der Waals surface area contributed by atoms with E-state index in [1.807, 2.05) is 18.4 Å². The molecule has 1 fully saturated rings. The minimum Gasteiger partial charge on any atom is -0.464 e. The van der Waals surface area contributed by atoms with Crippen LogP contribution in [0.1, 0.15) is 44.2 Å². The molecule has 1 N–H and O–H groups in total. The molecule has 2 heteroatoms. The van der Waals surface area contributed by atoms with Crippen LogP contribution in [-0.4, -0.2) is 6.54 Å². The first-order valence-electron chi connectivity index (χ1n) is 7.08. The number of hydrogen-bond acceptors (Lipinski definition) is 2. The van der Waals surface area contributed by atoms with Gasteiger partial charge in [-0.25, -0.2) is 0 Å². The highest BCUT2D eigenvalue weighted by atomic mass is 16.3. The minimum atomic E-state index is 0.459. The Balaban J connectivity index is 1.87. The average molecular weight is 243 g/mol. The Morgan fingerprint density at radius 1 is 1.33 bits per heavy atom. The summed E-state index contributed by atoms with van der Waals surface area (Å²) in [6.07, 6.45) is 7.18. The standard InChI is InChI=1S/C16H21NO/c1-2-9-17-15(10-12-7-8-12)14-11-18-16-6-4-3-5-13(14)16/h3-6,11-12,15,17H,2,7-10H2,1H3. The van der Waals surface area contributed by atoms with Gasteiger partial charge < -0.3 is 9.73 Å². The van der Waals surface area contributed by atoms with E-state index in [-0.39, 0.29) is 0 Å². The number of hydrogen-bond donors (Lipinski definition) is 1. The van der Waals surface area contributed by atoms with E-state index < -0.39 is 0 Å². The molecule has 1 aromatic carbocycles. The molecule has 1 atom stereocenters. The van der Waals surface area contributed by atoms with Gasteiger partial charge in [0.05, 0.1) is 6.26 Å². The molecule has 1 unspecified atom stereocenters. The molecule has 0 aliphatic heterocycles. The van der Waals surface area contributed by atoms with Crippen LogP contribution in [0.25, 0.3) is 11.0 Å². The lowest BCUT2D eigenvalue weighted by Crippen LogP contribution is -2.22. The van der Waals surface area contributed by atoms with Crippen LogP contribution in [0.4, 0.5) is 0 Å². The van der Waals surface area contributed by atoms with Crippen molar-refractivity contribution in [2.24, 2.45) is 5.92 Å². The van der Waals surface area contributed by atoms with Gasteiger partial charge in [0.2, 0.25) is 0 Å². The van der Waals surface area contributed by atoms with E-state index >= 15 is 0 Å². The van der Waals surface area contributed by atoms with Crippen molar-refractivity contribution >= 4 is 11.0 Å². The normalized spacial score (nSPS) is 17.2. The van der Waals surface area contributed by atoms with Crippen LogP contribution >= 0.6 is 0 Å². The summed E-state index contributed by atoms with van der Waals surface area (Å²) in [5.41, 5.74) is 2.34. The number of para-hydroxylation sites is 1. The zero-order chi connectivity index (χ0) is 12.4. The van der Waals surface area contributed by atoms with Gasteiger partial charge >= 0.3 is 0 Å². The minimum absolute atomic E-state index is 0.459. The van der Waals surface area contributed by atoms with Gasteiger partial charge in [0.1, 0.15) is 5.58 Å². The number of rotatable bonds is 6. The van der Waals surface area contributed by atoms with Crippen LogP contribution in [0.2, 0.25) is 0 Å². The van der Waals surface area contributed by atoms with Gasteiger partial charge in [0, 0.05) is 17.0 Å². The lowest BCUT2D eigenvalue weighted by molar-refractivity contribution is 0.469. The van der Waals surface area contributed by atoms with E-state index in [4.69, 9.17) is 4.42 Å². The van der Waals surface area contributed by atoms with Crippen molar-refractivity contribution in [2.75, 3.05) is 6.54 Å².